The molecule has 1 aliphatic carbocycles. The van der Waals surface area contributed by atoms with Crippen LogP contribution in [0.2, 0.25) is 0 Å². The first kappa shape index (κ1) is 15.9. The number of ether oxygens (including phenoxy) is 1. The van der Waals surface area contributed by atoms with Gasteiger partial charge in [-0.1, -0.05) is 6.92 Å². The summed E-state index contributed by atoms with van der Waals surface area (Å²) >= 11 is 1.90. The molecule has 2 atom stereocenters. The number of non-ortho nitro benzene ring substituents is 1. The van der Waals surface area contributed by atoms with Crippen molar-refractivity contribution in [1.29, 1.82) is 0 Å². The van der Waals surface area contributed by atoms with Crippen LogP contribution in [0.15, 0.2) is 18.2 Å². The number of benzene rings is 1. The van der Waals surface area contributed by atoms with Crippen LogP contribution in [0.5, 0.6) is 5.75 Å². The third-order valence-electron chi connectivity index (χ3n) is 3.66. The maximum absolute atomic E-state index is 11.0. The number of nitrogens with one attached hydrogen (secondary N) is 1. The highest BCUT2D eigenvalue weighted by atomic mass is 32.2. The Morgan fingerprint density at radius 3 is 2.86 bits per heavy atom. The molecule has 21 heavy (non-hydrogen) atoms. The van der Waals surface area contributed by atoms with E-state index in [2.05, 4.69) is 11.6 Å². The summed E-state index contributed by atoms with van der Waals surface area (Å²) in [5.41, 5.74) is 0.854. The van der Waals surface area contributed by atoms with Gasteiger partial charge in [-0.2, -0.15) is 11.8 Å². The average molecular weight is 310 g/mol. The van der Waals surface area contributed by atoms with Gasteiger partial charge in [0.1, 0.15) is 5.75 Å². The Kier molecular flexibility index (Phi) is 5.73. The molecule has 0 amide bonds. The van der Waals surface area contributed by atoms with Gasteiger partial charge in [-0.25, -0.2) is 0 Å². The summed E-state index contributed by atoms with van der Waals surface area (Å²) in [5, 5.41) is 15.1. The van der Waals surface area contributed by atoms with Gasteiger partial charge in [-0.15, -0.1) is 0 Å². The van der Waals surface area contributed by atoms with E-state index in [1.807, 2.05) is 24.8 Å². The van der Waals surface area contributed by atoms with Crippen molar-refractivity contribution in [3.63, 3.8) is 0 Å². The van der Waals surface area contributed by atoms with E-state index in [0.717, 1.165) is 24.9 Å². The summed E-state index contributed by atoms with van der Waals surface area (Å²) < 4.78 is 5.54. The predicted octanol–water partition coefficient (Wildman–Crippen LogP) is 4.08. The lowest BCUT2D eigenvalue weighted by molar-refractivity contribution is -0.384. The third-order valence-corrected chi connectivity index (χ3v) is 4.76. The maximum atomic E-state index is 11.0. The van der Waals surface area contributed by atoms with Crippen LogP contribution in [0.25, 0.3) is 0 Å². The summed E-state index contributed by atoms with van der Waals surface area (Å²) in [6, 6.07) is 5.32. The lowest BCUT2D eigenvalue weighted by Gasteiger charge is -2.15. The lowest BCUT2D eigenvalue weighted by Crippen LogP contribution is -2.16. The standard InChI is InChI=1S/C15H22N2O3S/c1-3-6-20-14-8-12(7-13(10-14)17(18)19)16-11-4-5-15(9-11)21-2/h7-8,10-11,15-16H,3-6,9H2,1-2H3. The number of nitro benzene ring substituents is 1. The average Bonchev–Trinajstić information content (AvgIpc) is 2.92. The number of rotatable bonds is 7. The molecule has 0 aromatic heterocycles. The van der Waals surface area contributed by atoms with Crippen LogP contribution in [-0.2, 0) is 0 Å². The number of hydrogen-bond acceptors (Lipinski definition) is 5. The first-order valence-corrected chi connectivity index (χ1v) is 8.62. The number of thioether (sulfide) groups is 1. The van der Waals surface area contributed by atoms with Crippen molar-refractivity contribution in [2.75, 3.05) is 18.2 Å². The molecule has 2 unspecified atom stereocenters. The van der Waals surface area contributed by atoms with Crippen LogP contribution in [0.3, 0.4) is 0 Å². The molecule has 0 spiro atoms. The molecule has 0 heterocycles. The van der Waals surface area contributed by atoms with Crippen LogP contribution < -0.4 is 10.1 Å². The van der Waals surface area contributed by atoms with Gasteiger partial charge in [0, 0.05) is 29.1 Å². The van der Waals surface area contributed by atoms with Crippen molar-refractivity contribution >= 4 is 23.1 Å². The molecule has 5 nitrogen and oxygen atoms in total. The van der Waals surface area contributed by atoms with E-state index >= 15 is 0 Å². The molecular weight excluding hydrogens is 288 g/mol. The molecular formula is C15H22N2O3S. The third kappa shape index (κ3) is 4.52. The van der Waals surface area contributed by atoms with E-state index in [-0.39, 0.29) is 10.6 Å². The Morgan fingerprint density at radius 1 is 1.43 bits per heavy atom. The number of nitro groups is 1. The fourth-order valence-electron chi connectivity index (χ4n) is 2.60. The minimum Gasteiger partial charge on any atom is -0.493 e. The molecule has 2 rings (SSSR count). The minimum atomic E-state index is -0.372. The van der Waals surface area contributed by atoms with Crippen LogP contribution in [0.4, 0.5) is 11.4 Å². The van der Waals surface area contributed by atoms with Crippen LogP contribution >= 0.6 is 11.8 Å². The Bertz CT molecular complexity index is 496. The van der Waals surface area contributed by atoms with Crippen molar-refractivity contribution in [3.8, 4) is 5.75 Å². The molecule has 0 saturated heterocycles. The summed E-state index contributed by atoms with van der Waals surface area (Å²) in [6.45, 7) is 2.58. The summed E-state index contributed by atoms with van der Waals surface area (Å²) in [4.78, 5) is 10.7. The number of anilines is 1. The second kappa shape index (κ2) is 7.54. The molecule has 1 saturated carbocycles. The predicted molar refractivity (Wildman–Crippen MR) is 87.4 cm³/mol. The first-order chi connectivity index (χ1) is 10.1. The Balaban J connectivity index is 2.10. The summed E-state index contributed by atoms with van der Waals surface area (Å²) in [6.07, 6.45) is 6.43. The van der Waals surface area contributed by atoms with Gasteiger partial charge in [0.05, 0.1) is 17.6 Å². The molecule has 0 bridgehead atoms. The van der Waals surface area contributed by atoms with Gasteiger partial charge in [0.25, 0.3) is 5.69 Å². The molecule has 1 aliphatic rings. The molecule has 1 aromatic carbocycles. The monoisotopic (exact) mass is 310 g/mol. The van der Waals surface area contributed by atoms with Crippen molar-refractivity contribution < 1.29 is 9.66 Å². The Hall–Kier alpha value is -1.43. The smallest absolute Gasteiger partial charge is 0.275 e. The maximum Gasteiger partial charge on any atom is 0.275 e. The highest BCUT2D eigenvalue weighted by Gasteiger charge is 2.24. The topological polar surface area (TPSA) is 64.4 Å². The lowest BCUT2D eigenvalue weighted by atomic mass is 10.2. The fourth-order valence-corrected chi connectivity index (χ4v) is 3.39. The molecule has 6 heteroatoms. The zero-order valence-corrected chi connectivity index (χ0v) is 13.3. The summed E-state index contributed by atoms with van der Waals surface area (Å²) in [5.74, 6) is 0.563. The largest absolute Gasteiger partial charge is 0.493 e. The van der Waals surface area contributed by atoms with E-state index < -0.39 is 0 Å². The van der Waals surface area contributed by atoms with E-state index in [4.69, 9.17) is 4.74 Å². The van der Waals surface area contributed by atoms with Gasteiger partial charge in [-0.05, 0) is 31.9 Å². The molecule has 1 N–H and O–H groups in total. The van der Waals surface area contributed by atoms with Crippen LogP contribution in [0, 0.1) is 10.1 Å². The zero-order valence-electron chi connectivity index (χ0n) is 12.5. The van der Waals surface area contributed by atoms with E-state index in [1.54, 1.807) is 6.07 Å². The van der Waals surface area contributed by atoms with E-state index in [0.29, 0.717) is 23.6 Å². The molecule has 116 valence electrons. The van der Waals surface area contributed by atoms with Crippen molar-refractivity contribution in [2.45, 2.75) is 43.9 Å². The molecule has 0 radical (unpaired) electrons. The second-order valence-electron chi connectivity index (χ2n) is 5.33. The zero-order chi connectivity index (χ0) is 15.2. The number of nitrogens with zero attached hydrogens (tertiary/aromatic N) is 1. The van der Waals surface area contributed by atoms with Gasteiger partial charge in [0.2, 0.25) is 0 Å². The SMILES string of the molecule is CCCOc1cc(NC2CCC(SC)C2)cc([N+](=O)[O-])c1. The van der Waals surface area contributed by atoms with E-state index in [9.17, 15) is 10.1 Å². The normalized spacial score (nSPS) is 21.2. The molecule has 1 fully saturated rings. The minimum absolute atomic E-state index is 0.0746. The van der Waals surface area contributed by atoms with Gasteiger partial charge >= 0.3 is 0 Å². The molecule has 1 aromatic rings. The first-order valence-electron chi connectivity index (χ1n) is 7.34. The summed E-state index contributed by atoms with van der Waals surface area (Å²) in [7, 11) is 0. The highest BCUT2D eigenvalue weighted by Crippen LogP contribution is 2.32. The van der Waals surface area contributed by atoms with Crippen LogP contribution in [-0.4, -0.2) is 29.1 Å². The quantitative estimate of drug-likeness (QED) is 0.607. The second-order valence-corrected chi connectivity index (χ2v) is 6.47. The molecule has 0 aliphatic heterocycles. The van der Waals surface area contributed by atoms with Crippen LogP contribution in [0.1, 0.15) is 32.6 Å². The Labute approximate surface area is 129 Å². The van der Waals surface area contributed by atoms with Crippen molar-refractivity contribution in [2.24, 2.45) is 0 Å². The van der Waals surface area contributed by atoms with Gasteiger partial charge in [-0.3, -0.25) is 10.1 Å². The van der Waals surface area contributed by atoms with Gasteiger partial charge < -0.3 is 10.1 Å². The van der Waals surface area contributed by atoms with E-state index in [1.165, 1.54) is 12.5 Å². The fraction of sp³-hybridized carbons (Fsp3) is 0.600. The van der Waals surface area contributed by atoms with Crippen molar-refractivity contribution in [3.05, 3.63) is 28.3 Å². The Morgan fingerprint density at radius 2 is 2.24 bits per heavy atom. The highest BCUT2D eigenvalue weighted by molar-refractivity contribution is 7.99. The van der Waals surface area contributed by atoms with Crippen molar-refractivity contribution in [1.82, 2.24) is 0 Å². The number of hydrogen-bond donors (Lipinski definition) is 1. The van der Waals surface area contributed by atoms with Gasteiger partial charge in [0.15, 0.2) is 0 Å².